The minimum Gasteiger partial charge on any atom is -0.486 e. The van der Waals surface area contributed by atoms with Crippen LogP contribution in [0.4, 0.5) is 0 Å². The third kappa shape index (κ3) is 4.13. The van der Waals surface area contributed by atoms with Crippen LogP contribution < -0.4 is 14.8 Å². The van der Waals surface area contributed by atoms with Gasteiger partial charge in [-0.1, -0.05) is 24.3 Å². The zero-order chi connectivity index (χ0) is 18.6. The molecule has 1 aliphatic carbocycles. The van der Waals surface area contributed by atoms with Crippen molar-refractivity contribution in [3.8, 4) is 11.5 Å². The Morgan fingerprint density at radius 3 is 2.59 bits per heavy atom. The first kappa shape index (κ1) is 17.6. The first-order chi connectivity index (χ1) is 13.2. The van der Waals surface area contributed by atoms with Crippen molar-refractivity contribution in [2.75, 3.05) is 13.2 Å². The molecule has 1 atom stereocenters. The van der Waals surface area contributed by atoms with E-state index >= 15 is 0 Å². The van der Waals surface area contributed by atoms with Crippen molar-refractivity contribution in [2.45, 2.75) is 38.1 Å². The number of ether oxygens (including phenoxy) is 2. The van der Waals surface area contributed by atoms with Gasteiger partial charge in [0.05, 0.1) is 0 Å². The van der Waals surface area contributed by atoms with Crippen LogP contribution in [-0.4, -0.2) is 30.9 Å². The standard InChI is InChI=1S/C22H23NO4/c24-19(17-6-9-20-21(14-17)27-12-11-26-20)8-10-22(25)23-18-7-5-15-3-1-2-4-16(15)13-18/h1-4,6,9,14,18H,5,7-8,10-13H2,(H,23,25). The number of aryl methyl sites for hydroxylation is 1. The van der Waals surface area contributed by atoms with Crippen LogP contribution in [0.1, 0.15) is 40.7 Å². The summed E-state index contributed by atoms with van der Waals surface area (Å²) in [5.41, 5.74) is 3.23. The van der Waals surface area contributed by atoms with Crippen molar-refractivity contribution >= 4 is 11.7 Å². The molecule has 2 aromatic carbocycles. The topological polar surface area (TPSA) is 64.6 Å². The van der Waals surface area contributed by atoms with E-state index in [2.05, 4.69) is 23.5 Å². The summed E-state index contributed by atoms with van der Waals surface area (Å²) in [5.74, 6) is 1.13. The average molecular weight is 365 g/mol. The van der Waals surface area contributed by atoms with Crippen LogP contribution >= 0.6 is 0 Å². The molecule has 0 saturated carbocycles. The fourth-order valence-electron chi connectivity index (χ4n) is 3.71. The van der Waals surface area contributed by atoms with Crippen LogP contribution in [0.3, 0.4) is 0 Å². The second-order valence-electron chi connectivity index (χ2n) is 7.06. The van der Waals surface area contributed by atoms with E-state index in [0.29, 0.717) is 30.3 Å². The minimum absolute atomic E-state index is 0.0592. The van der Waals surface area contributed by atoms with Gasteiger partial charge in [0.2, 0.25) is 5.91 Å². The third-order valence-electron chi connectivity index (χ3n) is 5.16. The number of amides is 1. The Hall–Kier alpha value is -2.82. The summed E-state index contributed by atoms with van der Waals surface area (Å²) >= 11 is 0. The second-order valence-corrected chi connectivity index (χ2v) is 7.06. The minimum atomic E-state index is -0.0646. The highest BCUT2D eigenvalue weighted by molar-refractivity contribution is 5.98. The SMILES string of the molecule is O=C(CCC(=O)c1ccc2c(c1)OCCO2)NC1CCc2ccccc2C1. The number of hydrogen-bond donors (Lipinski definition) is 1. The maximum Gasteiger partial charge on any atom is 0.220 e. The lowest BCUT2D eigenvalue weighted by atomic mass is 9.88. The molecule has 0 spiro atoms. The third-order valence-corrected chi connectivity index (χ3v) is 5.16. The van der Waals surface area contributed by atoms with E-state index in [-0.39, 0.29) is 30.6 Å². The van der Waals surface area contributed by atoms with Gasteiger partial charge >= 0.3 is 0 Å². The molecule has 0 radical (unpaired) electrons. The van der Waals surface area contributed by atoms with Gasteiger partial charge in [0.25, 0.3) is 0 Å². The van der Waals surface area contributed by atoms with Gasteiger partial charge in [-0.15, -0.1) is 0 Å². The lowest BCUT2D eigenvalue weighted by Crippen LogP contribution is -2.38. The maximum atomic E-state index is 12.4. The van der Waals surface area contributed by atoms with Gasteiger partial charge in [0.15, 0.2) is 17.3 Å². The van der Waals surface area contributed by atoms with Crippen molar-refractivity contribution in [3.63, 3.8) is 0 Å². The van der Waals surface area contributed by atoms with Gasteiger partial charge in [0.1, 0.15) is 13.2 Å². The van der Waals surface area contributed by atoms with Crippen LogP contribution in [0.2, 0.25) is 0 Å². The smallest absolute Gasteiger partial charge is 0.220 e. The summed E-state index contributed by atoms with van der Waals surface area (Å²) in [6.45, 7) is 1.00. The molecule has 0 bridgehead atoms. The van der Waals surface area contributed by atoms with Crippen molar-refractivity contribution in [2.24, 2.45) is 0 Å². The average Bonchev–Trinajstić information content (AvgIpc) is 2.71. The molecule has 2 aliphatic rings. The Morgan fingerprint density at radius 2 is 1.74 bits per heavy atom. The molecule has 1 heterocycles. The first-order valence-corrected chi connectivity index (χ1v) is 9.48. The summed E-state index contributed by atoms with van der Waals surface area (Å²) in [4.78, 5) is 24.7. The van der Waals surface area contributed by atoms with Crippen LogP contribution in [0, 0.1) is 0 Å². The predicted molar refractivity (Wildman–Crippen MR) is 101 cm³/mol. The highest BCUT2D eigenvalue weighted by Crippen LogP contribution is 2.31. The molecule has 140 valence electrons. The maximum absolute atomic E-state index is 12.4. The Morgan fingerprint density at radius 1 is 0.963 bits per heavy atom. The monoisotopic (exact) mass is 365 g/mol. The second kappa shape index (κ2) is 7.82. The fraction of sp³-hybridized carbons (Fsp3) is 0.364. The molecule has 0 aromatic heterocycles. The molecule has 1 N–H and O–H groups in total. The van der Waals surface area contributed by atoms with Gasteiger partial charge in [-0.3, -0.25) is 9.59 Å². The van der Waals surface area contributed by atoms with Crippen molar-refractivity contribution in [1.29, 1.82) is 0 Å². The Balaban J connectivity index is 1.29. The summed E-state index contributed by atoms with van der Waals surface area (Å²) < 4.78 is 11.0. The van der Waals surface area contributed by atoms with E-state index in [0.717, 1.165) is 19.3 Å². The first-order valence-electron chi connectivity index (χ1n) is 9.48. The predicted octanol–water partition coefficient (Wildman–Crippen LogP) is 3.09. The van der Waals surface area contributed by atoms with Crippen molar-refractivity contribution in [3.05, 3.63) is 59.2 Å². The summed E-state index contributed by atoms with van der Waals surface area (Å²) in [6.07, 6.45) is 3.17. The molecule has 5 nitrogen and oxygen atoms in total. The number of hydrogen-bond acceptors (Lipinski definition) is 4. The van der Waals surface area contributed by atoms with Gasteiger partial charge in [-0.2, -0.15) is 0 Å². The number of nitrogens with one attached hydrogen (secondary N) is 1. The van der Waals surface area contributed by atoms with Crippen LogP contribution in [-0.2, 0) is 17.6 Å². The van der Waals surface area contributed by atoms with Crippen LogP contribution in [0.25, 0.3) is 0 Å². The molecule has 5 heteroatoms. The fourth-order valence-corrected chi connectivity index (χ4v) is 3.71. The lowest BCUT2D eigenvalue weighted by molar-refractivity contribution is -0.121. The van der Waals surface area contributed by atoms with Gasteiger partial charge in [0, 0.05) is 24.4 Å². The van der Waals surface area contributed by atoms with E-state index in [9.17, 15) is 9.59 Å². The van der Waals surface area contributed by atoms with Gasteiger partial charge in [-0.05, 0) is 48.6 Å². The number of Topliss-reactive ketones (excluding diaryl/α,β-unsaturated/α-hetero) is 1. The number of ketones is 1. The highest BCUT2D eigenvalue weighted by Gasteiger charge is 2.21. The number of rotatable bonds is 5. The molecule has 27 heavy (non-hydrogen) atoms. The zero-order valence-electron chi connectivity index (χ0n) is 15.2. The lowest BCUT2D eigenvalue weighted by Gasteiger charge is -2.25. The molecule has 1 unspecified atom stereocenters. The van der Waals surface area contributed by atoms with Crippen molar-refractivity contribution in [1.82, 2.24) is 5.32 Å². The number of fused-ring (bicyclic) bond motifs is 2. The Kier molecular flexibility index (Phi) is 5.10. The number of carbonyl (C=O) groups is 2. The molecule has 2 aromatic rings. The van der Waals surface area contributed by atoms with E-state index < -0.39 is 0 Å². The normalized spacial score (nSPS) is 17.7. The van der Waals surface area contributed by atoms with E-state index in [1.54, 1.807) is 18.2 Å². The summed E-state index contributed by atoms with van der Waals surface area (Å²) in [7, 11) is 0. The Labute approximate surface area is 158 Å². The molecule has 0 fully saturated rings. The molecular weight excluding hydrogens is 342 g/mol. The summed E-state index contributed by atoms with van der Waals surface area (Å²) in [6, 6.07) is 13.7. The molecule has 1 aliphatic heterocycles. The molecular formula is C22H23NO4. The zero-order valence-corrected chi connectivity index (χ0v) is 15.2. The summed E-state index contributed by atoms with van der Waals surface area (Å²) in [5, 5.41) is 3.08. The largest absolute Gasteiger partial charge is 0.486 e. The molecule has 1 amide bonds. The molecule has 4 rings (SSSR count). The number of carbonyl (C=O) groups excluding carboxylic acids is 2. The van der Waals surface area contributed by atoms with Crippen LogP contribution in [0.5, 0.6) is 11.5 Å². The highest BCUT2D eigenvalue weighted by atomic mass is 16.6. The van der Waals surface area contributed by atoms with Gasteiger partial charge in [-0.25, -0.2) is 0 Å². The van der Waals surface area contributed by atoms with Crippen LogP contribution in [0.15, 0.2) is 42.5 Å². The quantitative estimate of drug-likeness (QED) is 0.827. The Bertz CT molecular complexity index is 861. The molecule has 0 saturated heterocycles. The number of benzene rings is 2. The van der Waals surface area contributed by atoms with Crippen molar-refractivity contribution < 1.29 is 19.1 Å². The van der Waals surface area contributed by atoms with E-state index in [1.165, 1.54) is 11.1 Å². The van der Waals surface area contributed by atoms with Gasteiger partial charge < -0.3 is 14.8 Å². The van der Waals surface area contributed by atoms with E-state index in [1.807, 2.05) is 6.07 Å². The van der Waals surface area contributed by atoms with E-state index in [4.69, 9.17) is 9.47 Å².